The highest BCUT2D eigenvalue weighted by molar-refractivity contribution is 7.28. The molecule has 0 fully saturated rings. The van der Waals surface area contributed by atoms with E-state index in [1.165, 1.54) is 41.3 Å². The Morgan fingerprint density at radius 2 is 1.71 bits per heavy atom. The third kappa shape index (κ3) is 2.96. The lowest BCUT2D eigenvalue weighted by Gasteiger charge is -2.11. The maximum Gasteiger partial charge on any atom is -0.0110 e. The standard InChI is InChI=1S/C16H19P/c1-2-3-8-14-11-7-12-15(16(14)17)13-9-5-4-6-10-13/h4-7,9-12H,2-3,8,17H2,1H3. The predicted molar refractivity (Wildman–Crippen MR) is 79.8 cm³/mol. The van der Waals surface area contributed by atoms with Gasteiger partial charge < -0.3 is 0 Å². The van der Waals surface area contributed by atoms with Gasteiger partial charge in [-0.05, 0) is 34.8 Å². The van der Waals surface area contributed by atoms with Gasteiger partial charge in [-0.3, -0.25) is 0 Å². The van der Waals surface area contributed by atoms with Crippen molar-refractivity contribution < 1.29 is 0 Å². The van der Waals surface area contributed by atoms with Crippen LogP contribution in [0.4, 0.5) is 0 Å². The van der Waals surface area contributed by atoms with Crippen molar-refractivity contribution in [2.75, 3.05) is 0 Å². The Labute approximate surface area is 106 Å². The fraction of sp³-hybridized carbons (Fsp3) is 0.250. The van der Waals surface area contributed by atoms with E-state index >= 15 is 0 Å². The molecule has 1 atom stereocenters. The summed E-state index contributed by atoms with van der Waals surface area (Å²) in [4.78, 5) is 0. The smallest absolute Gasteiger partial charge is 0.0110 e. The molecule has 0 aromatic heterocycles. The molecule has 17 heavy (non-hydrogen) atoms. The fourth-order valence-electron chi connectivity index (χ4n) is 2.07. The van der Waals surface area contributed by atoms with E-state index in [2.05, 4.69) is 64.7 Å². The first kappa shape index (κ1) is 12.3. The minimum absolute atomic E-state index is 1.18. The molecule has 2 rings (SSSR count). The molecule has 88 valence electrons. The van der Waals surface area contributed by atoms with Gasteiger partial charge in [-0.1, -0.05) is 61.9 Å². The summed E-state index contributed by atoms with van der Waals surface area (Å²) in [5.41, 5.74) is 4.10. The van der Waals surface area contributed by atoms with Gasteiger partial charge in [0, 0.05) is 0 Å². The van der Waals surface area contributed by atoms with Gasteiger partial charge in [0.25, 0.3) is 0 Å². The molecule has 1 unspecified atom stereocenters. The normalized spacial score (nSPS) is 10.5. The quantitative estimate of drug-likeness (QED) is 0.705. The molecule has 0 bridgehead atoms. The predicted octanol–water partition coefficient (Wildman–Crippen LogP) is 4.20. The zero-order valence-electron chi connectivity index (χ0n) is 10.3. The molecule has 2 aromatic rings. The first-order valence-electron chi connectivity index (χ1n) is 6.25. The molecule has 0 radical (unpaired) electrons. The van der Waals surface area contributed by atoms with E-state index in [0.717, 1.165) is 0 Å². The third-order valence-corrected chi connectivity index (χ3v) is 3.76. The minimum atomic E-state index is 1.18. The molecular weight excluding hydrogens is 223 g/mol. The Bertz CT molecular complexity index is 474. The maximum atomic E-state index is 2.91. The van der Waals surface area contributed by atoms with E-state index in [0.29, 0.717) is 0 Å². The van der Waals surface area contributed by atoms with E-state index < -0.39 is 0 Å². The highest BCUT2D eigenvalue weighted by Crippen LogP contribution is 2.21. The van der Waals surface area contributed by atoms with Crippen LogP contribution in [-0.4, -0.2) is 0 Å². The van der Waals surface area contributed by atoms with Crippen molar-refractivity contribution in [2.45, 2.75) is 26.2 Å². The van der Waals surface area contributed by atoms with Crippen LogP contribution in [0.5, 0.6) is 0 Å². The van der Waals surface area contributed by atoms with Gasteiger partial charge in [0.2, 0.25) is 0 Å². The molecule has 1 heteroatoms. The van der Waals surface area contributed by atoms with Crippen molar-refractivity contribution in [1.29, 1.82) is 0 Å². The van der Waals surface area contributed by atoms with Crippen LogP contribution in [0.1, 0.15) is 25.3 Å². The summed E-state index contributed by atoms with van der Waals surface area (Å²) in [6.45, 7) is 2.24. The van der Waals surface area contributed by atoms with Crippen LogP contribution in [0, 0.1) is 0 Å². The SMILES string of the molecule is CCCCc1cccc(-c2ccccc2)c1P. The van der Waals surface area contributed by atoms with E-state index in [1.807, 2.05) is 0 Å². The lowest BCUT2D eigenvalue weighted by atomic mass is 10.0. The zero-order valence-corrected chi connectivity index (χ0v) is 11.5. The molecule has 0 aliphatic heterocycles. The molecule has 0 saturated heterocycles. The van der Waals surface area contributed by atoms with E-state index in [9.17, 15) is 0 Å². The van der Waals surface area contributed by atoms with Crippen molar-refractivity contribution in [3.63, 3.8) is 0 Å². The van der Waals surface area contributed by atoms with E-state index in [-0.39, 0.29) is 0 Å². The number of unbranched alkanes of at least 4 members (excludes halogenated alkanes) is 1. The fourth-order valence-corrected chi connectivity index (χ4v) is 2.57. The van der Waals surface area contributed by atoms with E-state index in [1.54, 1.807) is 0 Å². The Balaban J connectivity index is 2.36. The number of aryl methyl sites for hydroxylation is 1. The topological polar surface area (TPSA) is 0 Å². The van der Waals surface area contributed by atoms with Crippen molar-refractivity contribution in [2.24, 2.45) is 0 Å². The monoisotopic (exact) mass is 242 g/mol. The van der Waals surface area contributed by atoms with Gasteiger partial charge in [0.15, 0.2) is 0 Å². The zero-order chi connectivity index (χ0) is 12.1. The lowest BCUT2D eigenvalue weighted by molar-refractivity contribution is 0.798. The van der Waals surface area contributed by atoms with Crippen LogP contribution >= 0.6 is 9.24 Å². The second kappa shape index (κ2) is 5.98. The van der Waals surface area contributed by atoms with Crippen LogP contribution in [0.2, 0.25) is 0 Å². The molecule has 0 N–H and O–H groups in total. The van der Waals surface area contributed by atoms with Crippen LogP contribution in [-0.2, 0) is 6.42 Å². The average molecular weight is 242 g/mol. The van der Waals surface area contributed by atoms with Gasteiger partial charge in [0.1, 0.15) is 0 Å². The Kier molecular flexibility index (Phi) is 4.34. The molecule has 0 saturated carbocycles. The van der Waals surface area contributed by atoms with Crippen molar-refractivity contribution >= 4 is 14.5 Å². The van der Waals surface area contributed by atoms with Crippen molar-refractivity contribution in [3.8, 4) is 11.1 Å². The van der Waals surface area contributed by atoms with Crippen molar-refractivity contribution in [3.05, 3.63) is 54.1 Å². The maximum absolute atomic E-state index is 2.91. The Morgan fingerprint density at radius 3 is 2.41 bits per heavy atom. The average Bonchev–Trinajstić information content (AvgIpc) is 2.39. The highest BCUT2D eigenvalue weighted by Gasteiger charge is 2.05. The molecule has 2 aromatic carbocycles. The molecule has 0 aliphatic rings. The van der Waals surface area contributed by atoms with Crippen molar-refractivity contribution in [1.82, 2.24) is 0 Å². The summed E-state index contributed by atoms with van der Waals surface area (Å²) >= 11 is 0. The largest absolute Gasteiger partial charge is 0.105 e. The first-order chi connectivity index (χ1) is 8.33. The number of benzene rings is 2. The minimum Gasteiger partial charge on any atom is -0.105 e. The lowest BCUT2D eigenvalue weighted by Crippen LogP contribution is -2.05. The summed E-state index contributed by atoms with van der Waals surface area (Å²) < 4.78 is 0. The summed E-state index contributed by atoms with van der Waals surface area (Å²) in [5.74, 6) is 0. The molecular formula is C16H19P. The van der Waals surface area contributed by atoms with Crippen LogP contribution < -0.4 is 5.30 Å². The number of rotatable bonds is 4. The summed E-state index contributed by atoms with van der Waals surface area (Å²) in [6, 6.07) is 17.2. The second-order valence-corrected chi connectivity index (χ2v) is 4.93. The molecule has 0 heterocycles. The Morgan fingerprint density at radius 1 is 0.941 bits per heavy atom. The first-order valence-corrected chi connectivity index (χ1v) is 6.83. The molecule has 0 nitrogen and oxygen atoms in total. The van der Waals surface area contributed by atoms with Gasteiger partial charge in [-0.25, -0.2) is 0 Å². The second-order valence-electron chi connectivity index (χ2n) is 4.35. The number of hydrogen-bond donors (Lipinski definition) is 0. The molecule has 0 aliphatic carbocycles. The van der Waals surface area contributed by atoms with Gasteiger partial charge in [-0.15, -0.1) is 9.24 Å². The van der Waals surface area contributed by atoms with Crippen LogP contribution in [0.3, 0.4) is 0 Å². The molecule has 0 spiro atoms. The van der Waals surface area contributed by atoms with Crippen LogP contribution in [0.15, 0.2) is 48.5 Å². The van der Waals surface area contributed by atoms with Gasteiger partial charge in [0.05, 0.1) is 0 Å². The summed E-state index contributed by atoms with van der Waals surface area (Å²) in [6.07, 6.45) is 3.69. The summed E-state index contributed by atoms with van der Waals surface area (Å²) in [7, 11) is 2.91. The third-order valence-electron chi connectivity index (χ3n) is 3.08. The van der Waals surface area contributed by atoms with E-state index in [4.69, 9.17) is 0 Å². The molecule has 0 amide bonds. The van der Waals surface area contributed by atoms with Gasteiger partial charge in [-0.2, -0.15) is 0 Å². The Hall–Kier alpha value is -1.13. The highest BCUT2D eigenvalue weighted by atomic mass is 31.0. The van der Waals surface area contributed by atoms with Gasteiger partial charge >= 0.3 is 0 Å². The van der Waals surface area contributed by atoms with Crippen LogP contribution in [0.25, 0.3) is 11.1 Å². The number of hydrogen-bond acceptors (Lipinski definition) is 0. The summed E-state index contributed by atoms with van der Waals surface area (Å²) in [5, 5.41) is 1.35.